The van der Waals surface area contributed by atoms with Crippen LogP contribution >= 0.6 is 0 Å². The second-order valence-electron chi connectivity index (χ2n) is 7.38. The summed E-state index contributed by atoms with van der Waals surface area (Å²) < 4.78 is 11.7. The van der Waals surface area contributed by atoms with Crippen molar-refractivity contribution in [3.05, 3.63) is 95.2 Å². The Hall–Kier alpha value is -3.24. The molecule has 1 aliphatic heterocycles. The molecule has 4 nitrogen and oxygen atoms in total. The molecule has 1 aliphatic rings. The maximum absolute atomic E-state index is 6.23. The Morgan fingerprint density at radius 2 is 1.79 bits per heavy atom. The number of para-hydroxylation sites is 1. The van der Waals surface area contributed by atoms with Gasteiger partial charge in [0, 0.05) is 28.7 Å². The molecule has 4 heteroatoms. The molecule has 5 rings (SSSR count). The molecule has 1 atom stereocenters. The molecule has 0 radical (unpaired) electrons. The van der Waals surface area contributed by atoms with Crippen molar-refractivity contribution in [1.29, 1.82) is 0 Å². The first-order chi connectivity index (χ1) is 14.3. The van der Waals surface area contributed by atoms with Gasteiger partial charge in [-0.1, -0.05) is 48.5 Å². The van der Waals surface area contributed by atoms with Crippen LogP contribution in [0.3, 0.4) is 0 Å². The zero-order valence-corrected chi connectivity index (χ0v) is 16.4. The molecule has 3 aromatic carbocycles. The predicted molar refractivity (Wildman–Crippen MR) is 116 cm³/mol. The predicted octanol–water partition coefficient (Wildman–Crippen LogP) is 4.99. The highest BCUT2D eigenvalue weighted by Gasteiger charge is 2.27. The second kappa shape index (κ2) is 7.64. The molecule has 29 heavy (non-hydrogen) atoms. The summed E-state index contributed by atoms with van der Waals surface area (Å²) in [5, 5.41) is 4.92. The molecule has 0 spiro atoms. The van der Waals surface area contributed by atoms with Gasteiger partial charge in [-0.25, -0.2) is 0 Å². The van der Waals surface area contributed by atoms with Gasteiger partial charge >= 0.3 is 0 Å². The molecule has 0 saturated carbocycles. The SMILES string of the molecule is COc1ccc2[nH]c3c(c2c1)CCNC3c1ccccc1OCc1ccccc1. The quantitative estimate of drug-likeness (QED) is 0.509. The zero-order chi connectivity index (χ0) is 19.6. The van der Waals surface area contributed by atoms with Gasteiger partial charge in [0.25, 0.3) is 0 Å². The zero-order valence-electron chi connectivity index (χ0n) is 16.4. The van der Waals surface area contributed by atoms with Gasteiger partial charge in [-0.15, -0.1) is 0 Å². The Labute approximate surface area is 170 Å². The third-order valence-electron chi connectivity index (χ3n) is 5.63. The largest absolute Gasteiger partial charge is 0.497 e. The first kappa shape index (κ1) is 17.8. The minimum absolute atomic E-state index is 0.0733. The van der Waals surface area contributed by atoms with Gasteiger partial charge in [0.05, 0.1) is 13.2 Å². The van der Waals surface area contributed by atoms with E-state index in [1.807, 2.05) is 30.3 Å². The van der Waals surface area contributed by atoms with Crippen molar-refractivity contribution in [2.45, 2.75) is 19.1 Å². The first-order valence-electron chi connectivity index (χ1n) is 10.0. The maximum atomic E-state index is 6.23. The number of benzene rings is 3. The minimum Gasteiger partial charge on any atom is -0.497 e. The number of nitrogens with one attached hydrogen (secondary N) is 2. The van der Waals surface area contributed by atoms with Crippen molar-refractivity contribution in [3.8, 4) is 11.5 Å². The molecular formula is C25H24N2O2. The average molecular weight is 384 g/mol. The van der Waals surface area contributed by atoms with Crippen LogP contribution < -0.4 is 14.8 Å². The average Bonchev–Trinajstić information content (AvgIpc) is 3.16. The number of hydrogen-bond acceptors (Lipinski definition) is 3. The number of rotatable bonds is 5. The fourth-order valence-electron chi connectivity index (χ4n) is 4.19. The minimum atomic E-state index is 0.0733. The number of H-pyrrole nitrogens is 1. The van der Waals surface area contributed by atoms with E-state index in [9.17, 15) is 0 Å². The van der Waals surface area contributed by atoms with Crippen LogP contribution in [0.4, 0.5) is 0 Å². The van der Waals surface area contributed by atoms with E-state index >= 15 is 0 Å². The lowest BCUT2D eigenvalue weighted by atomic mass is 9.94. The topological polar surface area (TPSA) is 46.3 Å². The molecule has 1 unspecified atom stereocenters. The standard InChI is InChI=1S/C25H24N2O2/c1-28-18-11-12-22-21(15-18)19-13-14-26-24(25(19)27-22)20-9-5-6-10-23(20)29-16-17-7-3-2-4-8-17/h2-12,15,24,26-27H,13-14,16H2,1H3. The Morgan fingerprint density at radius 1 is 0.966 bits per heavy atom. The lowest BCUT2D eigenvalue weighted by molar-refractivity contribution is 0.300. The number of methoxy groups -OCH3 is 1. The third-order valence-corrected chi connectivity index (χ3v) is 5.63. The van der Waals surface area contributed by atoms with E-state index in [1.54, 1.807) is 7.11 Å². The van der Waals surface area contributed by atoms with Crippen molar-refractivity contribution in [3.63, 3.8) is 0 Å². The summed E-state index contributed by atoms with van der Waals surface area (Å²) in [5.41, 5.74) is 6.04. The van der Waals surface area contributed by atoms with Crippen LogP contribution in [0.1, 0.15) is 28.4 Å². The summed E-state index contributed by atoms with van der Waals surface area (Å²) in [5.74, 6) is 1.80. The molecule has 0 bridgehead atoms. The second-order valence-corrected chi connectivity index (χ2v) is 7.38. The van der Waals surface area contributed by atoms with Gasteiger partial charge in [-0.3, -0.25) is 0 Å². The molecule has 0 amide bonds. The van der Waals surface area contributed by atoms with E-state index in [0.717, 1.165) is 41.1 Å². The lowest BCUT2D eigenvalue weighted by Gasteiger charge is -2.26. The van der Waals surface area contributed by atoms with Crippen molar-refractivity contribution in [1.82, 2.24) is 10.3 Å². The summed E-state index contributed by atoms with van der Waals surface area (Å²) in [6.07, 6.45) is 0.992. The van der Waals surface area contributed by atoms with Gasteiger partial charge < -0.3 is 19.8 Å². The van der Waals surface area contributed by atoms with E-state index in [1.165, 1.54) is 16.6 Å². The van der Waals surface area contributed by atoms with E-state index in [-0.39, 0.29) is 6.04 Å². The number of ether oxygens (including phenoxy) is 2. The smallest absolute Gasteiger partial charge is 0.124 e. The summed E-state index contributed by atoms with van der Waals surface area (Å²) in [7, 11) is 1.71. The van der Waals surface area contributed by atoms with Gasteiger partial charge in [-0.05, 0) is 41.8 Å². The molecular weight excluding hydrogens is 360 g/mol. The van der Waals surface area contributed by atoms with E-state index in [4.69, 9.17) is 9.47 Å². The third kappa shape index (κ3) is 3.36. The van der Waals surface area contributed by atoms with E-state index < -0.39 is 0 Å². The van der Waals surface area contributed by atoms with Crippen LogP contribution in [-0.2, 0) is 13.0 Å². The van der Waals surface area contributed by atoms with Gasteiger partial charge in [0.2, 0.25) is 0 Å². The molecule has 0 fully saturated rings. The van der Waals surface area contributed by atoms with Crippen LogP contribution in [0, 0.1) is 0 Å². The Kier molecular flexibility index (Phi) is 4.70. The van der Waals surface area contributed by atoms with Crippen LogP contribution in [0.2, 0.25) is 0 Å². The molecule has 1 aromatic heterocycles. The van der Waals surface area contributed by atoms with Crippen molar-refractivity contribution in [2.75, 3.05) is 13.7 Å². The van der Waals surface area contributed by atoms with Crippen molar-refractivity contribution >= 4 is 10.9 Å². The molecule has 146 valence electrons. The van der Waals surface area contributed by atoms with Gasteiger partial charge in [0.15, 0.2) is 0 Å². The van der Waals surface area contributed by atoms with Crippen LogP contribution in [0.15, 0.2) is 72.8 Å². The monoisotopic (exact) mass is 384 g/mol. The van der Waals surface area contributed by atoms with Gasteiger partial charge in [0.1, 0.15) is 18.1 Å². The Morgan fingerprint density at radius 3 is 2.66 bits per heavy atom. The normalized spacial score (nSPS) is 15.8. The van der Waals surface area contributed by atoms with Crippen LogP contribution in [-0.4, -0.2) is 18.6 Å². The highest BCUT2D eigenvalue weighted by atomic mass is 16.5. The van der Waals surface area contributed by atoms with E-state index in [2.05, 4.69) is 52.8 Å². The van der Waals surface area contributed by atoms with Crippen molar-refractivity contribution in [2.24, 2.45) is 0 Å². The summed E-state index contributed by atoms with van der Waals surface area (Å²) >= 11 is 0. The first-order valence-corrected chi connectivity index (χ1v) is 10.0. The van der Waals surface area contributed by atoms with Crippen LogP contribution in [0.5, 0.6) is 11.5 Å². The molecule has 0 saturated heterocycles. The van der Waals surface area contributed by atoms with Crippen molar-refractivity contribution < 1.29 is 9.47 Å². The van der Waals surface area contributed by atoms with Gasteiger partial charge in [-0.2, -0.15) is 0 Å². The fourth-order valence-corrected chi connectivity index (χ4v) is 4.19. The maximum Gasteiger partial charge on any atom is 0.124 e. The molecule has 4 aromatic rings. The fraction of sp³-hybridized carbons (Fsp3) is 0.200. The summed E-state index contributed by atoms with van der Waals surface area (Å²) in [6, 6.07) is 24.9. The Balaban J connectivity index is 1.51. The van der Waals surface area contributed by atoms with Crippen LogP contribution in [0.25, 0.3) is 10.9 Å². The summed E-state index contributed by atoms with van der Waals surface area (Å²) in [4.78, 5) is 3.64. The highest BCUT2D eigenvalue weighted by molar-refractivity contribution is 5.86. The van der Waals surface area contributed by atoms with E-state index in [0.29, 0.717) is 6.61 Å². The molecule has 2 heterocycles. The summed E-state index contributed by atoms with van der Waals surface area (Å²) in [6.45, 7) is 1.48. The Bertz CT molecular complexity index is 1130. The highest BCUT2D eigenvalue weighted by Crippen LogP contribution is 2.38. The lowest BCUT2D eigenvalue weighted by Crippen LogP contribution is -2.30. The number of hydrogen-bond donors (Lipinski definition) is 2. The molecule has 0 aliphatic carbocycles. The number of aromatic nitrogens is 1. The number of fused-ring (bicyclic) bond motifs is 3. The molecule has 2 N–H and O–H groups in total. The number of aromatic amines is 1.